The van der Waals surface area contributed by atoms with Crippen LogP contribution in [0.15, 0.2) is 41.3 Å². The summed E-state index contributed by atoms with van der Waals surface area (Å²) in [6, 6.07) is 3.94. The molecule has 6 atom stereocenters. The van der Waals surface area contributed by atoms with Gasteiger partial charge in [0.1, 0.15) is 12.4 Å². The van der Waals surface area contributed by atoms with Gasteiger partial charge in [0.05, 0.1) is 23.4 Å². The number of hydrogen-bond donors (Lipinski definition) is 0. The molecule has 0 spiro atoms. The Morgan fingerprint density at radius 2 is 2.11 bits per heavy atom. The van der Waals surface area contributed by atoms with E-state index in [-0.39, 0.29) is 23.9 Å². The van der Waals surface area contributed by atoms with Gasteiger partial charge in [-0.05, 0) is 49.3 Å². The van der Waals surface area contributed by atoms with E-state index in [2.05, 4.69) is 36.0 Å². The van der Waals surface area contributed by atoms with Crippen LogP contribution >= 0.6 is 0 Å². The number of cyclic esters (lactones) is 1. The Hall–Kier alpha value is -2.43. The molecule has 1 aliphatic carbocycles. The van der Waals surface area contributed by atoms with Crippen LogP contribution in [-0.2, 0) is 9.53 Å². The summed E-state index contributed by atoms with van der Waals surface area (Å²) in [5, 5.41) is 0. The number of fused-ring (bicyclic) bond motifs is 1. The highest BCUT2D eigenvalue weighted by molar-refractivity contribution is 5.75. The van der Waals surface area contributed by atoms with E-state index in [4.69, 9.17) is 9.15 Å². The van der Waals surface area contributed by atoms with Gasteiger partial charge in [0, 0.05) is 12.1 Å². The van der Waals surface area contributed by atoms with Crippen molar-refractivity contribution in [3.8, 4) is 11.5 Å². The number of ether oxygens (including phenoxy) is 1. The molecule has 2 aromatic rings. The highest BCUT2D eigenvalue weighted by Gasteiger charge is 2.52. The summed E-state index contributed by atoms with van der Waals surface area (Å²) in [4.78, 5) is 20.9. The Kier molecular flexibility index (Phi) is 4.85. The molecule has 2 fully saturated rings. The summed E-state index contributed by atoms with van der Waals surface area (Å²) >= 11 is 0. The molecule has 1 saturated carbocycles. The fourth-order valence-electron chi connectivity index (χ4n) is 5.06. The number of pyridine rings is 1. The Bertz CT molecular complexity index is 813. The predicted octanol–water partition coefficient (Wildman–Crippen LogP) is 4.61. The van der Waals surface area contributed by atoms with Crippen LogP contribution < -0.4 is 0 Å². The quantitative estimate of drug-likeness (QED) is 0.739. The second-order valence-electron chi connectivity index (χ2n) is 7.86. The number of oxazole rings is 1. The minimum atomic E-state index is -0.0148. The molecule has 0 aromatic carbocycles. The van der Waals surface area contributed by atoms with Crippen LogP contribution in [0.1, 0.15) is 39.3 Å². The Morgan fingerprint density at radius 3 is 2.78 bits per heavy atom. The summed E-state index contributed by atoms with van der Waals surface area (Å²) in [6.07, 6.45) is 11.3. The van der Waals surface area contributed by atoms with E-state index in [1.54, 1.807) is 18.7 Å². The van der Waals surface area contributed by atoms with Crippen molar-refractivity contribution in [1.29, 1.82) is 0 Å². The largest absolute Gasteiger partial charge is 0.462 e. The number of hydrogen-bond acceptors (Lipinski definition) is 5. The highest BCUT2D eigenvalue weighted by atomic mass is 16.6. The van der Waals surface area contributed by atoms with Crippen molar-refractivity contribution in [3.63, 3.8) is 0 Å². The third kappa shape index (κ3) is 3.31. The summed E-state index contributed by atoms with van der Waals surface area (Å²) in [7, 11) is 0. The maximum atomic E-state index is 12.3. The maximum absolute atomic E-state index is 12.3. The van der Waals surface area contributed by atoms with E-state index >= 15 is 0 Å². The first-order valence-corrected chi connectivity index (χ1v) is 9.83. The van der Waals surface area contributed by atoms with Crippen molar-refractivity contribution in [3.05, 3.63) is 42.6 Å². The highest BCUT2D eigenvalue weighted by Crippen LogP contribution is 2.50. The zero-order valence-electron chi connectivity index (χ0n) is 16.0. The van der Waals surface area contributed by atoms with Crippen molar-refractivity contribution in [2.75, 3.05) is 0 Å². The van der Waals surface area contributed by atoms with Crippen LogP contribution in [-0.4, -0.2) is 22.0 Å². The van der Waals surface area contributed by atoms with Crippen LogP contribution in [0.4, 0.5) is 0 Å². The monoisotopic (exact) mass is 366 g/mol. The molecule has 3 heterocycles. The lowest BCUT2D eigenvalue weighted by atomic mass is 9.61. The van der Waals surface area contributed by atoms with Crippen molar-refractivity contribution >= 4 is 12.0 Å². The molecule has 0 amide bonds. The van der Waals surface area contributed by atoms with Gasteiger partial charge in [-0.25, -0.2) is 4.98 Å². The molecule has 2 aliphatic rings. The number of esters is 1. The average Bonchev–Trinajstić information content (AvgIpc) is 3.29. The van der Waals surface area contributed by atoms with Crippen LogP contribution in [0.25, 0.3) is 17.5 Å². The van der Waals surface area contributed by atoms with E-state index in [1.165, 1.54) is 0 Å². The van der Waals surface area contributed by atoms with E-state index in [9.17, 15) is 4.79 Å². The van der Waals surface area contributed by atoms with Gasteiger partial charge in [-0.15, -0.1) is 0 Å². The van der Waals surface area contributed by atoms with Crippen LogP contribution in [0.2, 0.25) is 0 Å². The molecular weight excluding hydrogens is 340 g/mol. The second kappa shape index (κ2) is 7.29. The van der Waals surface area contributed by atoms with Crippen molar-refractivity contribution in [2.45, 2.75) is 39.7 Å². The van der Waals surface area contributed by atoms with Crippen molar-refractivity contribution in [1.82, 2.24) is 9.97 Å². The topological polar surface area (TPSA) is 65.2 Å². The Labute approximate surface area is 159 Å². The van der Waals surface area contributed by atoms with Crippen LogP contribution in [0.5, 0.6) is 0 Å². The molecule has 0 bridgehead atoms. The van der Waals surface area contributed by atoms with Crippen LogP contribution in [0.3, 0.4) is 0 Å². The van der Waals surface area contributed by atoms with Gasteiger partial charge in [-0.2, -0.15) is 0 Å². The first-order valence-electron chi connectivity index (χ1n) is 9.83. The number of allylic oxidation sites excluding steroid dienone is 1. The molecule has 0 N–H and O–H groups in total. The van der Waals surface area contributed by atoms with E-state index in [0.717, 1.165) is 24.1 Å². The molecule has 27 heavy (non-hydrogen) atoms. The van der Waals surface area contributed by atoms with Crippen molar-refractivity contribution in [2.24, 2.45) is 29.6 Å². The summed E-state index contributed by atoms with van der Waals surface area (Å²) in [6.45, 7) is 6.55. The Morgan fingerprint density at radius 1 is 1.26 bits per heavy atom. The molecule has 1 saturated heterocycles. The Balaban J connectivity index is 1.57. The van der Waals surface area contributed by atoms with E-state index in [1.807, 2.05) is 19.1 Å². The van der Waals surface area contributed by atoms with Gasteiger partial charge in [-0.3, -0.25) is 9.78 Å². The molecular formula is C22H26N2O3. The average molecular weight is 366 g/mol. The molecule has 0 radical (unpaired) electrons. The third-order valence-corrected chi connectivity index (χ3v) is 6.33. The SMILES string of the molecule is CC[C@H]1[C@H](/C=C/c2ccc(-c3ncco3)cn2)[C@@H]2[C@@H](C)OC(=O)[C@@H]2C[C@@H]1C. The predicted molar refractivity (Wildman–Crippen MR) is 102 cm³/mol. The number of rotatable bonds is 4. The maximum Gasteiger partial charge on any atom is 0.309 e. The zero-order valence-corrected chi connectivity index (χ0v) is 16.0. The summed E-state index contributed by atoms with van der Waals surface area (Å²) < 4.78 is 10.9. The second-order valence-corrected chi connectivity index (χ2v) is 7.86. The minimum absolute atomic E-state index is 0.0132. The number of nitrogens with zero attached hydrogens (tertiary/aromatic N) is 2. The lowest BCUT2D eigenvalue weighted by molar-refractivity contribution is -0.144. The lowest BCUT2D eigenvalue weighted by Crippen LogP contribution is -2.40. The summed E-state index contributed by atoms with van der Waals surface area (Å²) in [5.41, 5.74) is 1.76. The first-order chi connectivity index (χ1) is 13.1. The van der Waals surface area contributed by atoms with Crippen LogP contribution in [0, 0.1) is 29.6 Å². The molecule has 142 valence electrons. The van der Waals surface area contributed by atoms with Gasteiger partial charge in [0.15, 0.2) is 0 Å². The normalized spacial score (nSPS) is 33.2. The molecule has 0 unspecified atom stereocenters. The lowest BCUT2D eigenvalue weighted by Gasteiger charge is -2.41. The van der Waals surface area contributed by atoms with E-state index in [0.29, 0.717) is 23.6 Å². The zero-order chi connectivity index (χ0) is 19.0. The van der Waals surface area contributed by atoms with E-state index < -0.39 is 0 Å². The minimum Gasteiger partial charge on any atom is -0.462 e. The fraction of sp³-hybridized carbons (Fsp3) is 0.500. The number of aromatic nitrogens is 2. The third-order valence-electron chi connectivity index (χ3n) is 6.33. The van der Waals surface area contributed by atoms with Gasteiger partial charge in [-0.1, -0.05) is 26.3 Å². The van der Waals surface area contributed by atoms with Gasteiger partial charge < -0.3 is 9.15 Å². The molecule has 4 rings (SSSR count). The molecule has 2 aromatic heterocycles. The number of carbonyl (C=O) groups is 1. The number of carbonyl (C=O) groups excluding carboxylic acids is 1. The smallest absolute Gasteiger partial charge is 0.309 e. The summed E-state index contributed by atoms with van der Waals surface area (Å²) in [5.74, 6) is 2.27. The fourth-order valence-corrected chi connectivity index (χ4v) is 5.06. The first kappa shape index (κ1) is 18.0. The van der Waals surface area contributed by atoms with Gasteiger partial charge in [0.2, 0.25) is 5.89 Å². The molecule has 5 nitrogen and oxygen atoms in total. The van der Waals surface area contributed by atoms with Gasteiger partial charge >= 0.3 is 5.97 Å². The molecule has 5 heteroatoms. The van der Waals surface area contributed by atoms with Crippen molar-refractivity contribution < 1.29 is 13.9 Å². The van der Waals surface area contributed by atoms with Gasteiger partial charge in [0.25, 0.3) is 0 Å². The molecule has 1 aliphatic heterocycles. The standard InChI is InChI=1S/C22H26N2O3/c1-4-17-13(2)11-19-20(14(3)27-22(19)25)18(17)8-7-16-6-5-15(12-24-16)21-23-9-10-26-21/h5-10,12-14,17-20H,4,11H2,1-3H3/b8-7+/t13-,14+,17+,18-,19+,20-/m0/s1.